The lowest BCUT2D eigenvalue weighted by molar-refractivity contribution is -0.139. The molecule has 0 fully saturated rings. The molecule has 1 aromatic heterocycles. The van der Waals surface area contributed by atoms with Crippen LogP contribution in [0, 0.1) is 5.82 Å². The maximum absolute atomic E-state index is 13.5. The lowest BCUT2D eigenvalue weighted by Crippen LogP contribution is -2.41. The van der Waals surface area contributed by atoms with Gasteiger partial charge in [0.1, 0.15) is 11.4 Å². The van der Waals surface area contributed by atoms with Crippen molar-refractivity contribution in [1.82, 2.24) is 10.3 Å². The molecule has 28 heavy (non-hydrogen) atoms. The first-order chi connectivity index (χ1) is 13.5. The number of nitrogens with one attached hydrogen (secondary N) is 1. The Balaban J connectivity index is 2.18. The van der Waals surface area contributed by atoms with Crippen molar-refractivity contribution in [2.75, 3.05) is 13.2 Å². The van der Waals surface area contributed by atoms with Crippen LogP contribution < -0.4 is 5.32 Å². The van der Waals surface area contributed by atoms with E-state index in [2.05, 4.69) is 10.3 Å². The van der Waals surface area contributed by atoms with Crippen LogP contribution in [-0.2, 0) is 15.1 Å². The summed E-state index contributed by atoms with van der Waals surface area (Å²) in [6.07, 6.45) is 2.58. The summed E-state index contributed by atoms with van der Waals surface area (Å²) < 4.78 is 18.8. The van der Waals surface area contributed by atoms with Gasteiger partial charge >= 0.3 is 5.97 Å². The number of esters is 1. The van der Waals surface area contributed by atoms with Gasteiger partial charge in [0.15, 0.2) is 10.8 Å². The van der Waals surface area contributed by atoms with E-state index in [0.717, 1.165) is 0 Å². The molecule has 1 aliphatic heterocycles. The number of nitrogens with zero attached hydrogens (tertiary/aromatic N) is 2. The molecule has 0 radical (unpaired) electrons. The number of hydrogen-bond acceptors (Lipinski definition) is 7. The molecule has 148 valence electrons. The Morgan fingerprint density at radius 2 is 2.11 bits per heavy atom. The van der Waals surface area contributed by atoms with Gasteiger partial charge in [0.25, 0.3) is 0 Å². The molecule has 6 nitrogen and oxygen atoms in total. The molecule has 0 saturated heterocycles. The fraction of sp³-hybridized carbons (Fsp3) is 0.350. The van der Waals surface area contributed by atoms with E-state index in [9.17, 15) is 14.3 Å². The largest absolute Gasteiger partial charge is 0.463 e. The van der Waals surface area contributed by atoms with Crippen molar-refractivity contribution in [1.29, 1.82) is 0 Å². The molecule has 8 heteroatoms. The minimum atomic E-state index is -1.09. The molecule has 0 spiro atoms. The molecule has 3 rings (SSSR count). The van der Waals surface area contributed by atoms with Gasteiger partial charge in [0, 0.05) is 23.9 Å². The highest BCUT2D eigenvalue weighted by molar-refractivity contribution is 7.11. The summed E-state index contributed by atoms with van der Waals surface area (Å²) in [6.45, 7) is 3.75. The number of allylic oxidation sites excluding steroid dienone is 1. The lowest BCUT2D eigenvalue weighted by Gasteiger charge is -2.35. The third-order valence-electron chi connectivity index (χ3n) is 4.50. The van der Waals surface area contributed by atoms with E-state index in [1.165, 1.54) is 23.5 Å². The number of aliphatic hydroxyl groups excluding tert-OH is 1. The van der Waals surface area contributed by atoms with Gasteiger partial charge in [-0.2, -0.15) is 0 Å². The Morgan fingerprint density at radius 3 is 2.71 bits per heavy atom. The van der Waals surface area contributed by atoms with Crippen LogP contribution >= 0.6 is 11.3 Å². The second kappa shape index (κ2) is 8.62. The molecule has 1 unspecified atom stereocenters. The molecule has 2 heterocycles. The van der Waals surface area contributed by atoms with Crippen LogP contribution in [0.25, 0.3) is 0 Å². The van der Waals surface area contributed by atoms with Crippen LogP contribution in [0.4, 0.5) is 4.39 Å². The van der Waals surface area contributed by atoms with Crippen molar-refractivity contribution in [3.63, 3.8) is 0 Å². The van der Waals surface area contributed by atoms with Gasteiger partial charge in [-0.15, -0.1) is 11.3 Å². The van der Waals surface area contributed by atoms with E-state index >= 15 is 0 Å². The minimum absolute atomic E-state index is 0.0156. The van der Waals surface area contributed by atoms with Gasteiger partial charge in [-0.05, 0) is 44.4 Å². The summed E-state index contributed by atoms with van der Waals surface area (Å²) >= 11 is 1.42. The maximum Gasteiger partial charge on any atom is 0.338 e. The zero-order valence-corrected chi connectivity index (χ0v) is 16.6. The van der Waals surface area contributed by atoms with Crippen molar-refractivity contribution in [2.45, 2.75) is 32.2 Å². The van der Waals surface area contributed by atoms with E-state index in [4.69, 9.17) is 9.73 Å². The number of halogens is 1. The topological polar surface area (TPSA) is 83.8 Å². The molecule has 2 aromatic rings. The number of rotatable bonds is 7. The van der Waals surface area contributed by atoms with E-state index in [1.54, 1.807) is 32.2 Å². The monoisotopic (exact) mass is 403 g/mol. The number of amidine groups is 1. The van der Waals surface area contributed by atoms with Gasteiger partial charge in [-0.1, -0.05) is 12.1 Å². The molecule has 2 N–H and O–H groups in total. The predicted molar refractivity (Wildman–Crippen MR) is 106 cm³/mol. The molecule has 0 saturated carbocycles. The second-order valence-corrected chi connectivity index (χ2v) is 7.30. The molecule has 0 bridgehead atoms. The van der Waals surface area contributed by atoms with E-state index in [-0.39, 0.29) is 19.0 Å². The zero-order chi connectivity index (χ0) is 20.1. The fourth-order valence-electron chi connectivity index (χ4n) is 3.20. The average molecular weight is 403 g/mol. The summed E-state index contributed by atoms with van der Waals surface area (Å²) in [5.74, 6) is -0.327. The average Bonchev–Trinajstić information content (AvgIpc) is 3.21. The Hall–Kier alpha value is -2.58. The van der Waals surface area contributed by atoms with Crippen molar-refractivity contribution in [2.24, 2.45) is 4.99 Å². The predicted octanol–water partition coefficient (Wildman–Crippen LogP) is 3.14. The first-order valence-electron chi connectivity index (χ1n) is 9.04. The number of benzene rings is 1. The third-order valence-corrected chi connectivity index (χ3v) is 5.28. The van der Waals surface area contributed by atoms with Crippen LogP contribution in [0.5, 0.6) is 0 Å². The zero-order valence-electron chi connectivity index (χ0n) is 15.7. The van der Waals surface area contributed by atoms with Crippen molar-refractivity contribution < 1.29 is 19.0 Å². The van der Waals surface area contributed by atoms with Crippen molar-refractivity contribution in [3.05, 3.63) is 63.5 Å². The molecular formula is C20H22FN3O3S. The minimum Gasteiger partial charge on any atom is -0.463 e. The van der Waals surface area contributed by atoms with Crippen LogP contribution in [0.1, 0.15) is 37.3 Å². The number of aliphatic imine (C=N–C) groups is 1. The van der Waals surface area contributed by atoms with Crippen LogP contribution in [0.3, 0.4) is 0 Å². The summed E-state index contributed by atoms with van der Waals surface area (Å²) in [5, 5.41) is 15.0. The SMILES string of the molecule is CCOC(=O)C1=C(CCCO)NC(c2nccs2)=NC1(C)c1ccc(F)cc1. The summed E-state index contributed by atoms with van der Waals surface area (Å²) in [7, 11) is 0. The maximum atomic E-state index is 13.5. The van der Waals surface area contributed by atoms with Gasteiger partial charge in [0.05, 0.1) is 12.2 Å². The highest BCUT2D eigenvalue weighted by Gasteiger charge is 2.42. The van der Waals surface area contributed by atoms with Crippen LogP contribution in [-0.4, -0.2) is 35.1 Å². The van der Waals surface area contributed by atoms with Gasteiger partial charge < -0.3 is 15.2 Å². The highest BCUT2D eigenvalue weighted by atomic mass is 32.1. The van der Waals surface area contributed by atoms with Gasteiger partial charge in [-0.3, -0.25) is 0 Å². The summed E-state index contributed by atoms with van der Waals surface area (Å²) in [6, 6.07) is 5.92. The van der Waals surface area contributed by atoms with Gasteiger partial charge in [0.2, 0.25) is 0 Å². The van der Waals surface area contributed by atoms with Gasteiger partial charge in [-0.25, -0.2) is 19.2 Å². The number of ether oxygens (including phenoxy) is 1. The number of carbonyl (C=O) groups excluding carboxylic acids is 1. The normalized spacial score (nSPS) is 19.2. The highest BCUT2D eigenvalue weighted by Crippen LogP contribution is 2.39. The standard InChI is InChI=1S/C20H22FN3O3S/c1-3-27-19(26)16-15(5-4-11-25)23-17(18-22-10-12-28-18)24-20(16,2)13-6-8-14(21)9-7-13/h6-10,12,25H,3-5,11H2,1-2H3,(H,23,24). The smallest absolute Gasteiger partial charge is 0.338 e. The van der Waals surface area contributed by atoms with Crippen molar-refractivity contribution in [3.8, 4) is 0 Å². The third kappa shape index (κ3) is 3.98. The lowest BCUT2D eigenvalue weighted by atomic mass is 9.81. The number of thiazole rings is 1. The van der Waals surface area contributed by atoms with Crippen LogP contribution in [0.2, 0.25) is 0 Å². The van der Waals surface area contributed by atoms with Crippen molar-refractivity contribution >= 4 is 23.1 Å². The number of hydrogen-bond donors (Lipinski definition) is 2. The molecule has 0 amide bonds. The molecule has 0 aliphatic carbocycles. The Kier molecular flexibility index (Phi) is 6.21. The second-order valence-electron chi connectivity index (χ2n) is 6.40. The Labute approximate surface area is 166 Å². The Morgan fingerprint density at radius 1 is 1.36 bits per heavy atom. The first-order valence-corrected chi connectivity index (χ1v) is 9.92. The first kappa shape index (κ1) is 20.2. The van der Waals surface area contributed by atoms with E-state index in [1.807, 2.05) is 5.38 Å². The van der Waals surface area contributed by atoms with E-state index < -0.39 is 11.5 Å². The molecular weight excluding hydrogens is 381 g/mol. The number of carbonyl (C=O) groups is 1. The number of aromatic nitrogens is 1. The Bertz CT molecular complexity index is 894. The molecule has 1 aliphatic rings. The molecule has 1 atom stereocenters. The molecule has 1 aromatic carbocycles. The van der Waals surface area contributed by atoms with Crippen LogP contribution in [0.15, 0.2) is 52.1 Å². The number of aliphatic hydroxyl groups is 1. The summed E-state index contributed by atoms with van der Waals surface area (Å²) in [5.41, 5.74) is 0.556. The van der Waals surface area contributed by atoms with E-state index in [0.29, 0.717) is 40.5 Å². The fourth-order valence-corrected chi connectivity index (χ4v) is 3.78. The summed E-state index contributed by atoms with van der Waals surface area (Å²) in [4.78, 5) is 22.0. The quantitative estimate of drug-likeness (QED) is 0.694.